The van der Waals surface area contributed by atoms with E-state index in [9.17, 15) is 4.79 Å². The quantitative estimate of drug-likeness (QED) is 0.766. The van der Waals surface area contributed by atoms with Gasteiger partial charge >= 0.3 is 0 Å². The maximum Gasteiger partial charge on any atom is 0.224 e. The van der Waals surface area contributed by atoms with Crippen LogP contribution in [-0.4, -0.2) is 10.9 Å². The van der Waals surface area contributed by atoms with Gasteiger partial charge in [-0.15, -0.1) is 0 Å². The fraction of sp³-hybridized carbons (Fsp3) is 0.400. The van der Waals surface area contributed by atoms with Crippen molar-refractivity contribution in [1.82, 2.24) is 4.98 Å². The van der Waals surface area contributed by atoms with Crippen molar-refractivity contribution in [1.29, 1.82) is 0 Å². The highest BCUT2D eigenvalue weighted by molar-refractivity contribution is 5.93. The standard InChI is InChI=1S/C10H15N3O/c1-7(2)5-10(14)13-9-3-4-12-6-8(9)11/h3-4,6-7H,5,11H2,1-2H3,(H,12,13,14). The van der Waals surface area contributed by atoms with Crippen LogP contribution < -0.4 is 11.1 Å². The van der Waals surface area contributed by atoms with Gasteiger partial charge in [-0.3, -0.25) is 9.78 Å². The van der Waals surface area contributed by atoms with Gasteiger partial charge in [0.15, 0.2) is 0 Å². The molecule has 3 N–H and O–H groups in total. The predicted octanol–water partition coefficient (Wildman–Crippen LogP) is 1.65. The first-order valence-electron chi connectivity index (χ1n) is 4.59. The van der Waals surface area contributed by atoms with Gasteiger partial charge < -0.3 is 11.1 Å². The maximum absolute atomic E-state index is 11.4. The van der Waals surface area contributed by atoms with Crippen LogP contribution in [0, 0.1) is 5.92 Å². The van der Waals surface area contributed by atoms with Gasteiger partial charge in [0.1, 0.15) is 0 Å². The number of pyridine rings is 1. The van der Waals surface area contributed by atoms with Crippen LogP contribution in [0.2, 0.25) is 0 Å². The van der Waals surface area contributed by atoms with Gasteiger partial charge in [-0.1, -0.05) is 13.8 Å². The lowest BCUT2D eigenvalue weighted by Gasteiger charge is -2.08. The van der Waals surface area contributed by atoms with Crippen LogP contribution in [-0.2, 0) is 4.79 Å². The largest absolute Gasteiger partial charge is 0.396 e. The number of carbonyl (C=O) groups is 1. The zero-order chi connectivity index (χ0) is 10.6. The van der Waals surface area contributed by atoms with Gasteiger partial charge in [0.25, 0.3) is 0 Å². The number of amides is 1. The molecule has 4 heteroatoms. The molecule has 1 aromatic rings. The number of nitrogens with zero attached hydrogens (tertiary/aromatic N) is 1. The summed E-state index contributed by atoms with van der Waals surface area (Å²) in [6.07, 6.45) is 3.62. The topological polar surface area (TPSA) is 68.0 Å². The Morgan fingerprint density at radius 1 is 1.64 bits per heavy atom. The molecular weight excluding hydrogens is 178 g/mol. The van der Waals surface area contributed by atoms with Crippen LogP contribution >= 0.6 is 0 Å². The summed E-state index contributed by atoms with van der Waals surface area (Å²) in [5.41, 5.74) is 6.74. The second-order valence-electron chi connectivity index (χ2n) is 3.61. The summed E-state index contributed by atoms with van der Waals surface area (Å²) in [6, 6.07) is 1.69. The number of nitrogens with one attached hydrogen (secondary N) is 1. The lowest BCUT2D eigenvalue weighted by atomic mass is 10.1. The predicted molar refractivity (Wildman–Crippen MR) is 56.7 cm³/mol. The minimum absolute atomic E-state index is 0.0158. The second-order valence-corrected chi connectivity index (χ2v) is 3.61. The Morgan fingerprint density at radius 2 is 2.36 bits per heavy atom. The number of carbonyl (C=O) groups excluding carboxylic acids is 1. The number of aromatic nitrogens is 1. The summed E-state index contributed by atoms with van der Waals surface area (Å²) in [5.74, 6) is 0.330. The fourth-order valence-corrected chi connectivity index (χ4v) is 1.09. The third-order valence-corrected chi connectivity index (χ3v) is 1.72. The van der Waals surface area contributed by atoms with Gasteiger partial charge in [-0.05, 0) is 12.0 Å². The highest BCUT2D eigenvalue weighted by Crippen LogP contribution is 2.15. The third kappa shape index (κ3) is 3.05. The SMILES string of the molecule is CC(C)CC(=O)Nc1ccncc1N. The number of nitrogen functional groups attached to an aromatic ring is 1. The van der Waals surface area contributed by atoms with E-state index in [-0.39, 0.29) is 5.91 Å². The van der Waals surface area contributed by atoms with Gasteiger partial charge in [0, 0.05) is 12.6 Å². The van der Waals surface area contributed by atoms with E-state index in [2.05, 4.69) is 10.3 Å². The zero-order valence-corrected chi connectivity index (χ0v) is 8.45. The normalized spacial score (nSPS) is 10.2. The van der Waals surface area contributed by atoms with E-state index in [1.54, 1.807) is 12.3 Å². The highest BCUT2D eigenvalue weighted by Gasteiger charge is 2.06. The summed E-state index contributed by atoms with van der Waals surface area (Å²) in [5, 5.41) is 2.74. The molecule has 0 atom stereocenters. The molecule has 4 nitrogen and oxygen atoms in total. The fourth-order valence-electron chi connectivity index (χ4n) is 1.09. The Kier molecular flexibility index (Phi) is 3.45. The van der Waals surface area contributed by atoms with E-state index in [4.69, 9.17) is 5.73 Å². The Bertz CT molecular complexity index is 323. The Hall–Kier alpha value is -1.58. The maximum atomic E-state index is 11.4. The molecule has 0 saturated carbocycles. The minimum Gasteiger partial charge on any atom is -0.396 e. The molecule has 0 unspecified atom stereocenters. The van der Waals surface area contributed by atoms with Crippen LogP contribution in [0.25, 0.3) is 0 Å². The summed E-state index contributed by atoms with van der Waals surface area (Å²) < 4.78 is 0. The van der Waals surface area contributed by atoms with Crippen LogP contribution in [0.5, 0.6) is 0 Å². The monoisotopic (exact) mass is 193 g/mol. The van der Waals surface area contributed by atoms with Crippen molar-refractivity contribution in [3.63, 3.8) is 0 Å². The van der Waals surface area contributed by atoms with Crippen LogP contribution in [0.3, 0.4) is 0 Å². The lowest BCUT2D eigenvalue weighted by Crippen LogP contribution is -2.14. The number of hydrogen-bond donors (Lipinski definition) is 2. The molecule has 1 amide bonds. The highest BCUT2D eigenvalue weighted by atomic mass is 16.1. The Balaban J connectivity index is 2.61. The van der Waals surface area contributed by atoms with Crippen molar-refractivity contribution in [3.05, 3.63) is 18.5 Å². The molecule has 1 heterocycles. The molecule has 0 saturated heterocycles. The van der Waals surface area contributed by atoms with Crippen molar-refractivity contribution in [2.24, 2.45) is 5.92 Å². The first-order chi connectivity index (χ1) is 6.59. The molecule has 1 aromatic heterocycles. The van der Waals surface area contributed by atoms with Crippen molar-refractivity contribution in [3.8, 4) is 0 Å². The summed E-state index contributed by atoms with van der Waals surface area (Å²) >= 11 is 0. The molecule has 0 radical (unpaired) electrons. The number of hydrogen-bond acceptors (Lipinski definition) is 3. The molecule has 76 valence electrons. The van der Waals surface area contributed by atoms with Crippen molar-refractivity contribution >= 4 is 17.3 Å². The van der Waals surface area contributed by atoms with Gasteiger partial charge in [0.2, 0.25) is 5.91 Å². The Labute approximate surface area is 83.5 Å². The van der Waals surface area contributed by atoms with Gasteiger partial charge in [0.05, 0.1) is 17.6 Å². The summed E-state index contributed by atoms with van der Waals surface area (Å²) in [6.45, 7) is 3.99. The average molecular weight is 193 g/mol. The third-order valence-electron chi connectivity index (χ3n) is 1.72. The summed E-state index contributed by atoms with van der Waals surface area (Å²) in [7, 11) is 0. The number of anilines is 2. The number of rotatable bonds is 3. The smallest absolute Gasteiger partial charge is 0.224 e. The van der Waals surface area contributed by atoms with Crippen molar-refractivity contribution < 1.29 is 4.79 Å². The number of nitrogens with two attached hydrogens (primary N) is 1. The molecule has 0 aliphatic heterocycles. The Morgan fingerprint density at radius 3 is 2.93 bits per heavy atom. The first-order valence-corrected chi connectivity index (χ1v) is 4.59. The molecule has 14 heavy (non-hydrogen) atoms. The van der Waals surface area contributed by atoms with Crippen molar-refractivity contribution in [2.75, 3.05) is 11.1 Å². The summed E-state index contributed by atoms with van der Waals surface area (Å²) in [4.78, 5) is 15.2. The van der Waals surface area contributed by atoms with Crippen molar-refractivity contribution in [2.45, 2.75) is 20.3 Å². The van der Waals surface area contributed by atoms with Gasteiger partial charge in [-0.25, -0.2) is 0 Å². The van der Waals surface area contributed by atoms with Crippen LogP contribution in [0.4, 0.5) is 11.4 Å². The molecule has 0 fully saturated rings. The van der Waals surface area contributed by atoms with E-state index in [1.165, 1.54) is 6.20 Å². The van der Waals surface area contributed by atoms with E-state index < -0.39 is 0 Å². The van der Waals surface area contributed by atoms with E-state index in [0.717, 1.165) is 0 Å². The molecule has 0 bridgehead atoms. The van der Waals surface area contributed by atoms with Crippen LogP contribution in [0.1, 0.15) is 20.3 Å². The van der Waals surface area contributed by atoms with Gasteiger partial charge in [-0.2, -0.15) is 0 Å². The first kappa shape index (κ1) is 10.5. The van der Waals surface area contributed by atoms with E-state index >= 15 is 0 Å². The molecule has 0 spiro atoms. The van der Waals surface area contributed by atoms with Crippen LogP contribution in [0.15, 0.2) is 18.5 Å². The zero-order valence-electron chi connectivity index (χ0n) is 8.45. The molecule has 0 aliphatic carbocycles. The van der Waals surface area contributed by atoms with E-state index in [1.807, 2.05) is 13.8 Å². The molecule has 1 rings (SSSR count). The molecule has 0 aromatic carbocycles. The molecule has 0 aliphatic rings. The van der Waals surface area contributed by atoms with E-state index in [0.29, 0.717) is 23.7 Å². The molecular formula is C10H15N3O. The lowest BCUT2D eigenvalue weighted by molar-refractivity contribution is -0.116. The average Bonchev–Trinajstić information content (AvgIpc) is 2.07. The second kappa shape index (κ2) is 4.60. The minimum atomic E-state index is -0.0158.